The number of methoxy groups -OCH3 is 1. The quantitative estimate of drug-likeness (QED) is 0.682. The zero-order valence-electron chi connectivity index (χ0n) is 8.85. The monoisotopic (exact) mass is 185 g/mol. The van der Waals surface area contributed by atoms with Gasteiger partial charge in [-0.3, -0.25) is 0 Å². The third-order valence-corrected chi connectivity index (χ3v) is 3.29. The van der Waals surface area contributed by atoms with Crippen molar-refractivity contribution in [2.75, 3.05) is 20.3 Å². The predicted octanol–water partition coefficient (Wildman–Crippen LogP) is 2.32. The van der Waals surface area contributed by atoms with Crippen LogP contribution in [0, 0.1) is 5.41 Å². The van der Waals surface area contributed by atoms with E-state index >= 15 is 0 Å². The molecule has 0 aliphatic heterocycles. The van der Waals surface area contributed by atoms with Crippen molar-refractivity contribution in [1.29, 1.82) is 0 Å². The fourth-order valence-corrected chi connectivity index (χ4v) is 2.56. The van der Waals surface area contributed by atoms with Crippen molar-refractivity contribution in [3.63, 3.8) is 0 Å². The molecule has 13 heavy (non-hydrogen) atoms. The van der Waals surface area contributed by atoms with E-state index in [2.05, 4.69) is 0 Å². The fourth-order valence-electron chi connectivity index (χ4n) is 2.56. The van der Waals surface area contributed by atoms with Crippen molar-refractivity contribution in [2.24, 2.45) is 11.1 Å². The van der Waals surface area contributed by atoms with E-state index in [4.69, 9.17) is 10.5 Å². The summed E-state index contributed by atoms with van der Waals surface area (Å²) in [6.07, 6.45) is 9.30. The lowest BCUT2D eigenvalue weighted by Crippen LogP contribution is -2.28. The van der Waals surface area contributed by atoms with Gasteiger partial charge in [0.05, 0.1) is 6.61 Å². The molecule has 0 aromatic carbocycles. The Morgan fingerprint density at radius 3 is 2.23 bits per heavy atom. The summed E-state index contributed by atoms with van der Waals surface area (Å²) in [6.45, 7) is 1.72. The highest BCUT2D eigenvalue weighted by Crippen LogP contribution is 2.37. The second-order valence-corrected chi connectivity index (χ2v) is 4.39. The third-order valence-electron chi connectivity index (χ3n) is 3.29. The molecule has 1 rings (SSSR count). The van der Waals surface area contributed by atoms with Crippen LogP contribution in [0.1, 0.15) is 44.9 Å². The second-order valence-electron chi connectivity index (χ2n) is 4.39. The van der Waals surface area contributed by atoms with Gasteiger partial charge >= 0.3 is 0 Å². The normalized spacial score (nSPS) is 22.6. The lowest BCUT2D eigenvalue weighted by molar-refractivity contribution is 0.0613. The van der Waals surface area contributed by atoms with Gasteiger partial charge in [-0.1, -0.05) is 25.7 Å². The van der Waals surface area contributed by atoms with Gasteiger partial charge in [0.1, 0.15) is 0 Å². The summed E-state index contributed by atoms with van der Waals surface area (Å²) < 4.78 is 5.34. The van der Waals surface area contributed by atoms with E-state index in [1.165, 1.54) is 38.5 Å². The Hall–Kier alpha value is -0.0800. The maximum atomic E-state index is 5.67. The molecule has 0 aromatic rings. The number of ether oxygens (including phenoxy) is 1. The molecule has 0 atom stereocenters. The topological polar surface area (TPSA) is 35.2 Å². The zero-order chi connectivity index (χ0) is 9.57. The minimum atomic E-state index is 0.417. The minimum Gasteiger partial charge on any atom is -0.384 e. The summed E-state index contributed by atoms with van der Waals surface area (Å²) in [5.74, 6) is 0. The van der Waals surface area contributed by atoms with Crippen LogP contribution in [0.25, 0.3) is 0 Å². The molecule has 2 N–H and O–H groups in total. The van der Waals surface area contributed by atoms with Crippen molar-refractivity contribution in [2.45, 2.75) is 44.9 Å². The minimum absolute atomic E-state index is 0.417. The standard InChI is InChI=1S/C11H23NO/c1-13-10-11(8-9-12)6-4-2-3-5-7-11/h2-10,12H2,1H3. The molecule has 0 heterocycles. The summed E-state index contributed by atoms with van der Waals surface area (Å²) >= 11 is 0. The van der Waals surface area contributed by atoms with E-state index in [-0.39, 0.29) is 0 Å². The molecule has 0 bridgehead atoms. The molecule has 2 nitrogen and oxygen atoms in total. The molecule has 1 saturated carbocycles. The molecular weight excluding hydrogens is 162 g/mol. The molecule has 0 saturated heterocycles. The van der Waals surface area contributed by atoms with E-state index in [1.54, 1.807) is 0 Å². The molecule has 0 aromatic heterocycles. The van der Waals surface area contributed by atoms with Gasteiger partial charge in [0.25, 0.3) is 0 Å². The highest BCUT2D eigenvalue weighted by atomic mass is 16.5. The van der Waals surface area contributed by atoms with Gasteiger partial charge in [0.2, 0.25) is 0 Å². The smallest absolute Gasteiger partial charge is 0.0519 e. The Kier molecular flexibility index (Phi) is 4.74. The largest absolute Gasteiger partial charge is 0.384 e. The van der Waals surface area contributed by atoms with Crippen molar-refractivity contribution < 1.29 is 4.74 Å². The molecule has 2 heteroatoms. The summed E-state index contributed by atoms with van der Waals surface area (Å²) in [4.78, 5) is 0. The molecule has 78 valence electrons. The van der Waals surface area contributed by atoms with Crippen LogP contribution < -0.4 is 5.73 Å². The highest BCUT2D eigenvalue weighted by molar-refractivity contribution is 4.81. The number of hydrogen-bond acceptors (Lipinski definition) is 2. The van der Waals surface area contributed by atoms with Crippen LogP contribution in [0.15, 0.2) is 0 Å². The molecule has 0 amide bonds. The average Bonchev–Trinajstić information content (AvgIpc) is 2.32. The number of nitrogens with two attached hydrogens (primary N) is 1. The fraction of sp³-hybridized carbons (Fsp3) is 1.00. The SMILES string of the molecule is COCC1(CCN)CCCCCC1. The van der Waals surface area contributed by atoms with Crippen LogP contribution in [0.3, 0.4) is 0 Å². The van der Waals surface area contributed by atoms with E-state index in [0.717, 1.165) is 19.6 Å². The van der Waals surface area contributed by atoms with Crippen LogP contribution >= 0.6 is 0 Å². The molecule has 1 aliphatic rings. The maximum absolute atomic E-state index is 5.67. The molecule has 0 unspecified atom stereocenters. The molecule has 1 fully saturated rings. The number of rotatable bonds is 4. The lowest BCUT2D eigenvalue weighted by Gasteiger charge is -2.31. The average molecular weight is 185 g/mol. The Bertz CT molecular complexity index is 120. The van der Waals surface area contributed by atoms with Gasteiger partial charge in [0, 0.05) is 7.11 Å². The van der Waals surface area contributed by atoms with Crippen LogP contribution in [-0.2, 0) is 4.74 Å². The highest BCUT2D eigenvalue weighted by Gasteiger charge is 2.29. The van der Waals surface area contributed by atoms with E-state index in [9.17, 15) is 0 Å². The Morgan fingerprint density at radius 2 is 1.77 bits per heavy atom. The molecule has 1 aliphatic carbocycles. The van der Waals surface area contributed by atoms with Crippen molar-refractivity contribution in [1.82, 2.24) is 0 Å². The summed E-state index contributed by atoms with van der Waals surface area (Å²) in [6, 6.07) is 0. The van der Waals surface area contributed by atoms with E-state index in [1.807, 2.05) is 7.11 Å². The van der Waals surface area contributed by atoms with Crippen molar-refractivity contribution in [3.8, 4) is 0 Å². The van der Waals surface area contributed by atoms with Gasteiger partial charge in [-0.2, -0.15) is 0 Å². The van der Waals surface area contributed by atoms with Gasteiger partial charge in [-0.05, 0) is 31.2 Å². The summed E-state index contributed by atoms with van der Waals surface area (Å²) in [7, 11) is 1.81. The first-order valence-corrected chi connectivity index (χ1v) is 5.52. The Labute approximate surface area is 81.8 Å². The first-order chi connectivity index (χ1) is 6.33. The third kappa shape index (κ3) is 3.28. The number of hydrogen-bond donors (Lipinski definition) is 1. The molecular formula is C11H23NO. The second kappa shape index (κ2) is 5.61. The molecule has 0 spiro atoms. The predicted molar refractivity (Wildman–Crippen MR) is 55.7 cm³/mol. The lowest BCUT2D eigenvalue weighted by atomic mass is 9.78. The van der Waals surface area contributed by atoms with Gasteiger partial charge in [-0.25, -0.2) is 0 Å². The van der Waals surface area contributed by atoms with Gasteiger partial charge < -0.3 is 10.5 Å². The van der Waals surface area contributed by atoms with Gasteiger partial charge in [-0.15, -0.1) is 0 Å². The molecule has 0 radical (unpaired) electrons. The van der Waals surface area contributed by atoms with Gasteiger partial charge in [0.15, 0.2) is 0 Å². The van der Waals surface area contributed by atoms with Crippen LogP contribution in [0.4, 0.5) is 0 Å². The first kappa shape index (κ1) is 11.0. The van der Waals surface area contributed by atoms with E-state index in [0.29, 0.717) is 5.41 Å². The van der Waals surface area contributed by atoms with Crippen molar-refractivity contribution >= 4 is 0 Å². The first-order valence-electron chi connectivity index (χ1n) is 5.52. The Balaban J connectivity index is 2.50. The summed E-state index contributed by atoms with van der Waals surface area (Å²) in [5, 5.41) is 0. The van der Waals surface area contributed by atoms with Crippen LogP contribution in [-0.4, -0.2) is 20.3 Å². The maximum Gasteiger partial charge on any atom is 0.0519 e. The summed E-state index contributed by atoms with van der Waals surface area (Å²) in [5.41, 5.74) is 6.09. The Morgan fingerprint density at radius 1 is 1.15 bits per heavy atom. The zero-order valence-corrected chi connectivity index (χ0v) is 8.85. The van der Waals surface area contributed by atoms with Crippen LogP contribution in [0.5, 0.6) is 0 Å². The van der Waals surface area contributed by atoms with E-state index < -0.39 is 0 Å². The van der Waals surface area contributed by atoms with Crippen LogP contribution in [0.2, 0.25) is 0 Å². The van der Waals surface area contributed by atoms with Crippen molar-refractivity contribution in [3.05, 3.63) is 0 Å².